The molecular formula is C22H28FN5O3. The minimum absolute atomic E-state index is 0.0623. The van der Waals surface area contributed by atoms with Crippen LogP contribution in [-0.2, 0) is 24.3 Å². The molecule has 9 heteroatoms. The van der Waals surface area contributed by atoms with Gasteiger partial charge in [-0.3, -0.25) is 19.1 Å². The lowest BCUT2D eigenvalue weighted by Crippen LogP contribution is -2.31. The molecule has 1 aromatic carbocycles. The molecule has 0 saturated heterocycles. The first kappa shape index (κ1) is 22.5. The molecule has 2 aromatic heterocycles. The molecule has 0 radical (unpaired) electrons. The van der Waals surface area contributed by atoms with Crippen LogP contribution < -0.4 is 16.6 Å². The van der Waals surface area contributed by atoms with Crippen LogP contribution >= 0.6 is 0 Å². The monoisotopic (exact) mass is 429 g/mol. The van der Waals surface area contributed by atoms with Gasteiger partial charge in [0.25, 0.3) is 5.56 Å². The molecule has 31 heavy (non-hydrogen) atoms. The van der Waals surface area contributed by atoms with E-state index in [1.165, 1.54) is 16.7 Å². The number of nitrogens with one attached hydrogen (secondary N) is 2. The van der Waals surface area contributed by atoms with Crippen LogP contribution in [0.5, 0.6) is 0 Å². The highest BCUT2D eigenvalue weighted by atomic mass is 19.1. The summed E-state index contributed by atoms with van der Waals surface area (Å²) in [4.78, 5) is 44.3. The van der Waals surface area contributed by atoms with Crippen molar-refractivity contribution in [1.29, 1.82) is 0 Å². The number of hydrogen-bond donors (Lipinski definition) is 2. The average molecular weight is 429 g/mol. The summed E-state index contributed by atoms with van der Waals surface area (Å²) in [5, 5.41) is 2.56. The van der Waals surface area contributed by atoms with E-state index in [9.17, 15) is 18.8 Å². The number of carbonyl (C=O) groups excluding carboxylic acids is 1. The molecule has 0 aliphatic rings. The summed E-state index contributed by atoms with van der Waals surface area (Å²) in [7, 11) is 0. The van der Waals surface area contributed by atoms with Crippen molar-refractivity contribution in [3.63, 3.8) is 0 Å². The molecule has 8 nitrogen and oxygen atoms in total. The van der Waals surface area contributed by atoms with Gasteiger partial charge in [-0.1, -0.05) is 39.3 Å². The molecule has 0 bridgehead atoms. The number of imidazole rings is 1. The molecule has 2 N–H and O–H groups in total. The molecule has 0 aliphatic heterocycles. The van der Waals surface area contributed by atoms with Crippen LogP contribution in [-0.4, -0.2) is 25.0 Å². The Morgan fingerprint density at radius 1 is 1.23 bits per heavy atom. The summed E-state index contributed by atoms with van der Waals surface area (Å²) in [6.45, 7) is 7.03. The number of nitrogens with zero attached hydrogens (tertiary/aromatic N) is 3. The van der Waals surface area contributed by atoms with Crippen molar-refractivity contribution in [2.45, 2.75) is 59.5 Å². The number of fused-ring (bicyclic) bond motifs is 1. The van der Waals surface area contributed by atoms with Gasteiger partial charge < -0.3 is 9.88 Å². The summed E-state index contributed by atoms with van der Waals surface area (Å²) in [6.07, 6.45) is 1.98. The van der Waals surface area contributed by atoms with Crippen molar-refractivity contribution in [3.05, 3.63) is 56.7 Å². The number of para-hydroxylation sites is 1. The van der Waals surface area contributed by atoms with Crippen LogP contribution in [0.25, 0.3) is 11.2 Å². The van der Waals surface area contributed by atoms with Gasteiger partial charge in [0.15, 0.2) is 11.2 Å². The average Bonchev–Trinajstić information content (AvgIpc) is 3.06. The van der Waals surface area contributed by atoms with Crippen molar-refractivity contribution >= 4 is 22.8 Å². The molecule has 3 rings (SSSR count). The number of aromatic amines is 1. The fourth-order valence-corrected chi connectivity index (χ4v) is 3.49. The van der Waals surface area contributed by atoms with Crippen LogP contribution in [0.3, 0.4) is 0 Å². The second kappa shape index (κ2) is 9.72. The number of amides is 1. The molecule has 0 saturated carbocycles. The topological polar surface area (TPSA) is 102 Å². The van der Waals surface area contributed by atoms with E-state index in [2.05, 4.69) is 15.3 Å². The van der Waals surface area contributed by atoms with Crippen molar-refractivity contribution in [2.24, 2.45) is 5.92 Å². The summed E-state index contributed by atoms with van der Waals surface area (Å²) in [5.74, 6) is -0.0903. The lowest BCUT2D eigenvalue weighted by Gasteiger charge is -2.12. The Hall–Kier alpha value is -3.23. The molecule has 2 heterocycles. The van der Waals surface area contributed by atoms with Crippen molar-refractivity contribution in [1.82, 2.24) is 19.1 Å². The minimum Gasteiger partial charge on any atom is -0.324 e. The number of aryl methyl sites for hydroxylation is 2. The number of aromatic nitrogens is 4. The van der Waals surface area contributed by atoms with Gasteiger partial charge in [-0.15, -0.1) is 0 Å². The van der Waals surface area contributed by atoms with Crippen LogP contribution in [0, 0.1) is 11.7 Å². The standard InChI is InChI=1S/C22H28FN5O3/c1-4-5-12-27-20-19(21(30)26-22(27)31)28(13-14(2)3)17(25-20)10-11-18(29)24-16-9-7-6-8-15(16)23/h6-9,14H,4-5,10-13H2,1-3H3,(H,24,29)(H,26,30,31). The Kier molecular flexibility index (Phi) is 7.04. The molecule has 0 unspecified atom stereocenters. The Labute approximate surface area is 179 Å². The Balaban J connectivity index is 1.94. The predicted octanol–water partition coefficient (Wildman–Crippen LogP) is 3.05. The second-order valence-electron chi connectivity index (χ2n) is 8.00. The second-order valence-corrected chi connectivity index (χ2v) is 8.00. The van der Waals surface area contributed by atoms with Crippen molar-refractivity contribution in [3.8, 4) is 0 Å². The molecule has 1 amide bonds. The maximum atomic E-state index is 13.8. The lowest BCUT2D eigenvalue weighted by atomic mass is 10.2. The SMILES string of the molecule is CCCCn1c(=O)[nH]c(=O)c2c1nc(CCC(=O)Nc1ccccc1F)n2CC(C)C. The lowest BCUT2D eigenvalue weighted by molar-refractivity contribution is -0.116. The number of unbranched alkanes of at least 4 members (excludes halogenated alkanes) is 1. The van der Waals surface area contributed by atoms with Crippen molar-refractivity contribution in [2.75, 3.05) is 5.32 Å². The van der Waals surface area contributed by atoms with Gasteiger partial charge in [-0.05, 0) is 24.5 Å². The number of rotatable bonds is 9. The third-order valence-corrected chi connectivity index (χ3v) is 4.97. The number of carbonyl (C=O) groups is 1. The highest BCUT2D eigenvalue weighted by Crippen LogP contribution is 2.17. The van der Waals surface area contributed by atoms with E-state index in [4.69, 9.17) is 0 Å². The number of anilines is 1. The van der Waals surface area contributed by atoms with Gasteiger partial charge in [0, 0.05) is 25.9 Å². The van der Waals surface area contributed by atoms with E-state index in [0.717, 1.165) is 12.8 Å². The zero-order chi connectivity index (χ0) is 22.5. The van der Waals surface area contributed by atoms with Gasteiger partial charge in [0.1, 0.15) is 11.6 Å². The third-order valence-electron chi connectivity index (χ3n) is 4.97. The Bertz CT molecular complexity index is 1190. The van der Waals surface area contributed by atoms with E-state index in [1.807, 2.05) is 20.8 Å². The molecule has 0 spiro atoms. The van der Waals surface area contributed by atoms with Gasteiger partial charge >= 0.3 is 5.69 Å². The van der Waals surface area contributed by atoms with Gasteiger partial charge in [0.05, 0.1) is 5.69 Å². The van der Waals surface area contributed by atoms with Crippen LogP contribution in [0.4, 0.5) is 10.1 Å². The largest absolute Gasteiger partial charge is 0.330 e. The molecular weight excluding hydrogens is 401 g/mol. The first-order chi connectivity index (χ1) is 14.8. The smallest absolute Gasteiger partial charge is 0.324 e. The maximum absolute atomic E-state index is 13.8. The highest BCUT2D eigenvalue weighted by Gasteiger charge is 2.20. The van der Waals surface area contributed by atoms with E-state index >= 15 is 0 Å². The molecule has 3 aromatic rings. The minimum atomic E-state index is -0.505. The number of benzene rings is 1. The summed E-state index contributed by atoms with van der Waals surface area (Å²) >= 11 is 0. The van der Waals surface area contributed by atoms with E-state index < -0.39 is 17.1 Å². The summed E-state index contributed by atoms with van der Waals surface area (Å²) in [6, 6.07) is 5.96. The molecule has 166 valence electrons. The zero-order valence-electron chi connectivity index (χ0n) is 18.1. The van der Waals surface area contributed by atoms with Gasteiger partial charge in [0.2, 0.25) is 5.91 Å². The maximum Gasteiger partial charge on any atom is 0.330 e. The zero-order valence-corrected chi connectivity index (χ0v) is 18.1. The quantitative estimate of drug-likeness (QED) is 0.546. The summed E-state index contributed by atoms with van der Waals surface area (Å²) < 4.78 is 17.1. The molecule has 0 atom stereocenters. The number of H-pyrrole nitrogens is 1. The highest BCUT2D eigenvalue weighted by molar-refractivity contribution is 5.90. The Morgan fingerprint density at radius 3 is 2.65 bits per heavy atom. The van der Waals surface area contributed by atoms with Gasteiger partial charge in [-0.25, -0.2) is 14.2 Å². The predicted molar refractivity (Wildman–Crippen MR) is 118 cm³/mol. The van der Waals surface area contributed by atoms with E-state index in [1.54, 1.807) is 16.7 Å². The normalized spacial score (nSPS) is 11.4. The van der Waals surface area contributed by atoms with Crippen LogP contribution in [0.15, 0.2) is 33.9 Å². The number of hydrogen-bond acceptors (Lipinski definition) is 4. The van der Waals surface area contributed by atoms with Crippen LogP contribution in [0.1, 0.15) is 45.9 Å². The van der Waals surface area contributed by atoms with Gasteiger partial charge in [-0.2, -0.15) is 0 Å². The number of halogens is 1. The molecule has 0 aliphatic carbocycles. The third kappa shape index (κ3) is 5.10. The fourth-order valence-electron chi connectivity index (χ4n) is 3.49. The van der Waals surface area contributed by atoms with Crippen LogP contribution in [0.2, 0.25) is 0 Å². The first-order valence-corrected chi connectivity index (χ1v) is 10.6. The molecule has 0 fully saturated rings. The van der Waals surface area contributed by atoms with E-state index in [0.29, 0.717) is 30.1 Å². The van der Waals surface area contributed by atoms with E-state index in [-0.39, 0.29) is 30.4 Å². The Morgan fingerprint density at radius 2 is 1.97 bits per heavy atom. The fraction of sp³-hybridized carbons (Fsp3) is 0.455. The first-order valence-electron chi connectivity index (χ1n) is 10.6. The van der Waals surface area contributed by atoms with Crippen molar-refractivity contribution < 1.29 is 9.18 Å². The summed E-state index contributed by atoms with van der Waals surface area (Å²) in [5.41, 5.74) is -0.166.